The molecule has 30 heavy (non-hydrogen) atoms. The van der Waals surface area contributed by atoms with Gasteiger partial charge in [-0.2, -0.15) is 0 Å². The monoisotopic (exact) mass is 403 g/mol. The number of carboxylic acid groups (broad SMARTS) is 1. The number of carboxylic acids is 1. The average Bonchev–Trinajstić information content (AvgIpc) is 2.72. The fourth-order valence-corrected chi connectivity index (χ4v) is 3.18. The van der Waals surface area contributed by atoms with Gasteiger partial charge in [0.05, 0.1) is 6.54 Å². The van der Waals surface area contributed by atoms with E-state index in [1.807, 2.05) is 36.4 Å². The second-order valence-electron chi connectivity index (χ2n) is 8.24. The summed E-state index contributed by atoms with van der Waals surface area (Å²) in [6, 6.07) is 21.8. The van der Waals surface area contributed by atoms with Crippen molar-refractivity contribution in [1.82, 2.24) is 0 Å². The van der Waals surface area contributed by atoms with Crippen molar-refractivity contribution >= 4 is 17.6 Å². The number of aromatic hydroxyl groups is 1. The summed E-state index contributed by atoms with van der Waals surface area (Å²) in [6.45, 7) is 6.53. The number of phenols is 1. The van der Waals surface area contributed by atoms with Gasteiger partial charge < -0.3 is 10.2 Å². The van der Waals surface area contributed by atoms with E-state index in [0.717, 1.165) is 16.7 Å². The van der Waals surface area contributed by atoms with Gasteiger partial charge >= 0.3 is 11.9 Å². The first-order valence-electron chi connectivity index (χ1n) is 9.69. The molecule has 0 saturated heterocycles. The molecule has 0 radical (unpaired) electrons. The van der Waals surface area contributed by atoms with Crippen LogP contribution < -0.4 is 4.90 Å². The number of amides is 1. The molecule has 0 unspecified atom stereocenters. The summed E-state index contributed by atoms with van der Waals surface area (Å²) in [7, 11) is 0. The van der Waals surface area contributed by atoms with Gasteiger partial charge in [-0.05, 0) is 51.9 Å². The Morgan fingerprint density at radius 3 is 1.77 bits per heavy atom. The van der Waals surface area contributed by atoms with Crippen LogP contribution in [0.15, 0.2) is 72.8 Å². The van der Waals surface area contributed by atoms with Gasteiger partial charge in [-0.25, -0.2) is 4.79 Å². The van der Waals surface area contributed by atoms with Crippen molar-refractivity contribution in [2.45, 2.75) is 32.7 Å². The van der Waals surface area contributed by atoms with Gasteiger partial charge in [-0.1, -0.05) is 69.3 Å². The van der Waals surface area contributed by atoms with Crippen LogP contribution in [0.2, 0.25) is 0 Å². The van der Waals surface area contributed by atoms with Crippen molar-refractivity contribution in [3.05, 3.63) is 83.9 Å². The molecule has 0 aliphatic rings. The molecule has 3 aromatic carbocycles. The van der Waals surface area contributed by atoms with Crippen molar-refractivity contribution in [2.75, 3.05) is 4.90 Å². The molecule has 0 aromatic heterocycles. The van der Waals surface area contributed by atoms with E-state index in [4.69, 9.17) is 0 Å². The topological polar surface area (TPSA) is 77.8 Å². The quantitative estimate of drug-likeness (QED) is 0.603. The van der Waals surface area contributed by atoms with Gasteiger partial charge in [-0.3, -0.25) is 9.69 Å². The van der Waals surface area contributed by atoms with Crippen molar-refractivity contribution in [1.29, 1.82) is 0 Å². The lowest BCUT2D eigenvalue weighted by molar-refractivity contribution is -0.148. The number of phenolic OH excluding ortho intramolecular Hbond substituents is 1. The molecule has 0 atom stereocenters. The van der Waals surface area contributed by atoms with Crippen LogP contribution in [0.1, 0.15) is 31.9 Å². The minimum atomic E-state index is -1.50. The summed E-state index contributed by atoms with van der Waals surface area (Å²) in [4.78, 5) is 25.0. The molecule has 5 nitrogen and oxygen atoms in total. The minimum Gasteiger partial charge on any atom is -0.508 e. The molecular formula is C25H25NO4. The van der Waals surface area contributed by atoms with Gasteiger partial charge in [0.1, 0.15) is 5.75 Å². The minimum absolute atomic E-state index is 0.0131. The number of hydrogen-bond acceptors (Lipinski definition) is 3. The van der Waals surface area contributed by atoms with E-state index in [9.17, 15) is 19.8 Å². The van der Waals surface area contributed by atoms with Gasteiger partial charge in [0.25, 0.3) is 0 Å². The number of carbonyl (C=O) groups excluding carboxylic acids is 1. The Kier molecular flexibility index (Phi) is 5.92. The smallest absolute Gasteiger partial charge is 0.394 e. The average molecular weight is 403 g/mol. The molecular weight excluding hydrogens is 378 g/mol. The van der Waals surface area contributed by atoms with Crippen LogP contribution in [-0.2, 0) is 21.5 Å². The summed E-state index contributed by atoms with van der Waals surface area (Å²) < 4.78 is 0. The van der Waals surface area contributed by atoms with Crippen molar-refractivity contribution in [3.63, 3.8) is 0 Å². The van der Waals surface area contributed by atoms with Gasteiger partial charge in [0.15, 0.2) is 0 Å². The molecule has 0 saturated carbocycles. The first kappa shape index (κ1) is 21.1. The summed E-state index contributed by atoms with van der Waals surface area (Å²) in [5, 5.41) is 18.7. The summed E-state index contributed by atoms with van der Waals surface area (Å²) in [5.74, 6) is -2.29. The van der Waals surface area contributed by atoms with Crippen molar-refractivity contribution in [3.8, 4) is 16.9 Å². The molecule has 0 spiro atoms. The molecule has 0 fully saturated rings. The Morgan fingerprint density at radius 2 is 1.30 bits per heavy atom. The normalized spacial score (nSPS) is 11.2. The maximum atomic E-state index is 12.4. The first-order valence-corrected chi connectivity index (χ1v) is 9.69. The number of rotatable bonds is 4. The van der Waals surface area contributed by atoms with Crippen LogP contribution in [-0.4, -0.2) is 22.1 Å². The molecule has 154 valence electrons. The van der Waals surface area contributed by atoms with E-state index in [1.165, 1.54) is 10.5 Å². The van der Waals surface area contributed by atoms with Crippen LogP contribution in [0.25, 0.3) is 11.1 Å². The van der Waals surface area contributed by atoms with E-state index in [1.54, 1.807) is 36.4 Å². The molecule has 0 heterocycles. The van der Waals surface area contributed by atoms with Gasteiger partial charge in [0, 0.05) is 5.69 Å². The number of benzene rings is 3. The summed E-state index contributed by atoms with van der Waals surface area (Å²) in [5.41, 5.74) is 4.34. The highest BCUT2D eigenvalue weighted by Crippen LogP contribution is 2.27. The van der Waals surface area contributed by atoms with Crippen LogP contribution in [0, 0.1) is 0 Å². The number of hydrogen-bond donors (Lipinski definition) is 2. The molecule has 5 heteroatoms. The van der Waals surface area contributed by atoms with Crippen LogP contribution in [0.3, 0.4) is 0 Å². The summed E-state index contributed by atoms with van der Waals surface area (Å²) >= 11 is 0. The molecule has 1 amide bonds. The Hall–Kier alpha value is -3.60. The second-order valence-corrected chi connectivity index (χ2v) is 8.24. The fourth-order valence-electron chi connectivity index (χ4n) is 3.18. The zero-order valence-corrected chi connectivity index (χ0v) is 17.3. The fraction of sp³-hybridized carbons (Fsp3) is 0.200. The molecule has 2 N–H and O–H groups in total. The molecule has 0 aliphatic heterocycles. The SMILES string of the molecule is CC(C)(C)c1ccc(CN(C(=O)C(=O)O)c2ccc(-c3ccc(O)cc3)cc2)cc1. The second kappa shape index (κ2) is 8.41. The number of nitrogens with zero attached hydrogens (tertiary/aromatic N) is 1. The third-order valence-electron chi connectivity index (χ3n) is 4.97. The molecule has 0 aliphatic carbocycles. The van der Waals surface area contributed by atoms with E-state index in [0.29, 0.717) is 5.69 Å². The van der Waals surface area contributed by atoms with E-state index in [-0.39, 0.29) is 17.7 Å². The zero-order chi connectivity index (χ0) is 21.9. The molecule has 0 bridgehead atoms. The number of aliphatic carboxylic acids is 1. The largest absolute Gasteiger partial charge is 0.508 e. The van der Waals surface area contributed by atoms with Crippen LogP contribution >= 0.6 is 0 Å². The number of carbonyl (C=O) groups is 2. The predicted molar refractivity (Wildman–Crippen MR) is 118 cm³/mol. The van der Waals surface area contributed by atoms with E-state index < -0.39 is 11.9 Å². The van der Waals surface area contributed by atoms with Crippen LogP contribution in [0.4, 0.5) is 5.69 Å². The zero-order valence-electron chi connectivity index (χ0n) is 17.3. The van der Waals surface area contributed by atoms with Crippen molar-refractivity contribution in [2.24, 2.45) is 0 Å². The first-order chi connectivity index (χ1) is 14.1. The molecule has 3 aromatic rings. The Morgan fingerprint density at radius 1 is 0.800 bits per heavy atom. The Balaban J connectivity index is 1.87. The predicted octanol–water partition coefficient (Wildman–Crippen LogP) is 4.97. The summed E-state index contributed by atoms with van der Waals surface area (Å²) in [6.07, 6.45) is 0. The lowest BCUT2D eigenvalue weighted by Gasteiger charge is -2.23. The van der Waals surface area contributed by atoms with E-state index >= 15 is 0 Å². The van der Waals surface area contributed by atoms with E-state index in [2.05, 4.69) is 20.8 Å². The lowest BCUT2D eigenvalue weighted by Crippen LogP contribution is -2.36. The standard InChI is InChI=1S/C25H25NO4/c1-25(2,3)20-10-4-17(5-11-20)16-26(23(28)24(29)30)21-12-6-18(7-13-21)19-8-14-22(27)15-9-19/h4-15,27H,16H2,1-3H3,(H,29,30). The highest BCUT2D eigenvalue weighted by molar-refractivity contribution is 6.37. The Bertz CT molecular complexity index is 1030. The number of anilines is 1. The highest BCUT2D eigenvalue weighted by atomic mass is 16.4. The maximum Gasteiger partial charge on any atom is 0.394 e. The third kappa shape index (κ3) is 4.87. The van der Waals surface area contributed by atoms with Crippen LogP contribution in [0.5, 0.6) is 5.75 Å². The third-order valence-corrected chi connectivity index (χ3v) is 4.97. The maximum absolute atomic E-state index is 12.4. The highest BCUT2D eigenvalue weighted by Gasteiger charge is 2.23. The molecule has 3 rings (SSSR count). The van der Waals surface area contributed by atoms with Crippen molar-refractivity contribution < 1.29 is 19.8 Å². The Labute approximate surface area is 176 Å². The lowest BCUT2D eigenvalue weighted by atomic mass is 9.87. The van der Waals surface area contributed by atoms with Gasteiger partial charge in [-0.15, -0.1) is 0 Å². The van der Waals surface area contributed by atoms with Gasteiger partial charge in [0.2, 0.25) is 0 Å².